The Bertz CT molecular complexity index is 660. The number of hydrogen-bond acceptors (Lipinski definition) is 3. The highest BCUT2D eigenvalue weighted by atomic mass is 16.5. The number of unbranched alkanes of at least 4 members (excludes halogenated alkanes) is 3. The second kappa shape index (κ2) is 9.75. The lowest BCUT2D eigenvalue weighted by atomic mass is 9.65. The van der Waals surface area contributed by atoms with E-state index >= 15 is 0 Å². The van der Waals surface area contributed by atoms with E-state index in [1.807, 2.05) is 0 Å². The fourth-order valence-electron chi connectivity index (χ4n) is 6.57. The number of piperidine rings is 1. The topological polar surface area (TPSA) is 29.5 Å². The van der Waals surface area contributed by atoms with Crippen molar-refractivity contribution in [1.82, 2.24) is 4.90 Å². The van der Waals surface area contributed by atoms with Gasteiger partial charge >= 0.3 is 0 Å². The molecule has 1 aromatic carbocycles. The van der Waals surface area contributed by atoms with Gasteiger partial charge in [-0.15, -0.1) is 0 Å². The third-order valence-electron chi connectivity index (χ3n) is 7.85. The lowest BCUT2D eigenvalue weighted by Gasteiger charge is -2.55. The Hall–Kier alpha value is -1.19. The van der Waals surface area contributed by atoms with Crippen molar-refractivity contribution in [2.75, 3.05) is 6.61 Å². The maximum Gasteiger partial charge on any atom is 0.139 e. The molecule has 1 aromatic rings. The predicted molar refractivity (Wildman–Crippen MR) is 118 cm³/mol. The van der Waals surface area contributed by atoms with Crippen molar-refractivity contribution >= 4 is 5.78 Å². The quantitative estimate of drug-likeness (QED) is 0.485. The van der Waals surface area contributed by atoms with Crippen LogP contribution in [0.25, 0.3) is 0 Å². The Morgan fingerprint density at radius 2 is 1.90 bits per heavy atom. The molecule has 3 heteroatoms. The molecule has 3 fully saturated rings. The fraction of sp³-hybridized carbons (Fsp3) is 0.731. The molecular weight excluding hydrogens is 358 g/mol. The van der Waals surface area contributed by atoms with Crippen LogP contribution in [0, 0.1) is 5.92 Å². The van der Waals surface area contributed by atoms with Crippen LogP contribution < -0.4 is 0 Å². The number of benzene rings is 1. The average Bonchev–Trinajstić information content (AvgIpc) is 3.10. The van der Waals surface area contributed by atoms with E-state index in [9.17, 15) is 4.79 Å². The SMILES string of the molecule is CCCCCC[C@@H]1CC(=O)[C@H]2CCCC[C@]23CC[C@@H](COCc2ccccc2)N13. The number of hydrogen-bond donors (Lipinski definition) is 0. The van der Waals surface area contributed by atoms with Crippen LogP contribution in [0.1, 0.15) is 89.5 Å². The number of ether oxygens (including phenoxy) is 1. The highest BCUT2D eigenvalue weighted by molar-refractivity contribution is 5.84. The Labute approximate surface area is 177 Å². The van der Waals surface area contributed by atoms with Gasteiger partial charge in [0, 0.05) is 30.0 Å². The summed E-state index contributed by atoms with van der Waals surface area (Å²) in [5, 5.41) is 0. The smallest absolute Gasteiger partial charge is 0.139 e. The first kappa shape index (κ1) is 21.1. The standard InChI is InChI=1S/C26H39NO2/c1-2-3-4-8-13-22-18-25(28)24-14-9-10-16-26(24)17-15-23(27(22)26)20-29-19-21-11-6-5-7-12-21/h5-7,11-12,22-24H,2-4,8-10,13-20H2,1H3/t22-,23+,24-,26+/m1/s1. The van der Waals surface area contributed by atoms with E-state index in [1.165, 1.54) is 69.8 Å². The molecule has 1 aliphatic carbocycles. The zero-order valence-electron chi connectivity index (χ0n) is 18.3. The molecule has 0 N–H and O–H groups in total. The van der Waals surface area contributed by atoms with E-state index in [0.29, 0.717) is 30.4 Å². The van der Waals surface area contributed by atoms with Crippen molar-refractivity contribution in [3.63, 3.8) is 0 Å². The molecule has 0 amide bonds. The monoisotopic (exact) mass is 397 g/mol. The summed E-state index contributed by atoms with van der Waals surface area (Å²) >= 11 is 0. The van der Waals surface area contributed by atoms with Gasteiger partial charge < -0.3 is 4.74 Å². The predicted octanol–water partition coefficient (Wildman–Crippen LogP) is 5.91. The molecule has 2 aliphatic heterocycles. The van der Waals surface area contributed by atoms with Crippen LogP contribution in [0.5, 0.6) is 0 Å². The van der Waals surface area contributed by atoms with Gasteiger partial charge in [0.2, 0.25) is 0 Å². The molecule has 0 bridgehead atoms. The minimum Gasteiger partial charge on any atom is -0.375 e. The number of carbonyl (C=O) groups excluding carboxylic acids is 1. The maximum absolute atomic E-state index is 13.1. The average molecular weight is 398 g/mol. The molecule has 3 aliphatic rings. The van der Waals surface area contributed by atoms with Crippen LogP contribution in [-0.4, -0.2) is 34.9 Å². The third-order valence-corrected chi connectivity index (χ3v) is 7.85. The van der Waals surface area contributed by atoms with Gasteiger partial charge in [-0.1, -0.05) is 75.8 Å². The highest BCUT2D eigenvalue weighted by Crippen LogP contribution is 2.53. The number of nitrogens with zero attached hydrogens (tertiary/aromatic N) is 1. The van der Waals surface area contributed by atoms with Crippen LogP contribution >= 0.6 is 0 Å². The number of ketones is 1. The molecule has 0 aromatic heterocycles. The van der Waals surface area contributed by atoms with Gasteiger partial charge in [0.25, 0.3) is 0 Å². The van der Waals surface area contributed by atoms with Crippen molar-refractivity contribution in [3.05, 3.63) is 35.9 Å². The largest absolute Gasteiger partial charge is 0.375 e. The molecule has 29 heavy (non-hydrogen) atoms. The number of rotatable bonds is 9. The van der Waals surface area contributed by atoms with E-state index in [1.54, 1.807) is 0 Å². The lowest BCUT2D eigenvalue weighted by Crippen LogP contribution is -2.64. The van der Waals surface area contributed by atoms with Crippen molar-refractivity contribution < 1.29 is 9.53 Å². The molecule has 2 heterocycles. The molecule has 3 nitrogen and oxygen atoms in total. The fourth-order valence-corrected chi connectivity index (χ4v) is 6.57. The summed E-state index contributed by atoms with van der Waals surface area (Å²) in [6.45, 7) is 3.77. The number of Topliss-reactive ketones (excluding diaryl/α,β-unsaturated/α-hetero) is 1. The first-order chi connectivity index (χ1) is 14.2. The van der Waals surface area contributed by atoms with Crippen LogP contribution in [0.15, 0.2) is 30.3 Å². The van der Waals surface area contributed by atoms with Gasteiger partial charge in [-0.25, -0.2) is 0 Å². The second-order valence-corrected chi connectivity index (χ2v) is 9.68. The van der Waals surface area contributed by atoms with Gasteiger partial charge in [-0.3, -0.25) is 9.69 Å². The summed E-state index contributed by atoms with van der Waals surface area (Å²) in [5.41, 5.74) is 1.41. The summed E-state index contributed by atoms with van der Waals surface area (Å²) in [6, 6.07) is 11.4. The van der Waals surface area contributed by atoms with Crippen molar-refractivity contribution in [2.45, 2.75) is 108 Å². The number of carbonyl (C=O) groups is 1. The van der Waals surface area contributed by atoms with Gasteiger partial charge in [-0.05, 0) is 37.7 Å². The molecule has 0 unspecified atom stereocenters. The zero-order chi connectivity index (χ0) is 20.1. The summed E-state index contributed by atoms with van der Waals surface area (Å²) < 4.78 is 6.22. The van der Waals surface area contributed by atoms with Gasteiger partial charge in [0.15, 0.2) is 0 Å². The molecule has 4 atom stereocenters. The van der Waals surface area contributed by atoms with Crippen LogP contribution in [0.2, 0.25) is 0 Å². The zero-order valence-corrected chi connectivity index (χ0v) is 18.3. The van der Waals surface area contributed by atoms with Gasteiger partial charge in [-0.2, -0.15) is 0 Å². The normalized spacial score (nSPS) is 32.2. The van der Waals surface area contributed by atoms with Crippen LogP contribution in [0.4, 0.5) is 0 Å². The first-order valence-electron chi connectivity index (χ1n) is 12.2. The lowest BCUT2D eigenvalue weighted by molar-refractivity contribution is -0.144. The Balaban J connectivity index is 1.45. The molecular formula is C26H39NO2. The van der Waals surface area contributed by atoms with Crippen LogP contribution in [0.3, 0.4) is 0 Å². The minimum absolute atomic E-state index is 0.157. The van der Waals surface area contributed by atoms with E-state index in [0.717, 1.165) is 19.4 Å². The van der Waals surface area contributed by atoms with Gasteiger partial charge in [0.05, 0.1) is 13.2 Å². The van der Waals surface area contributed by atoms with Crippen molar-refractivity contribution in [3.8, 4) is 0 Å². The molecule has 0 radical (unpaired) electrons. The molecule has 160 valence electrons. The Morgan fingerprint density at radius 3 is 2.72 bits per heavy atom. The summed E-state index contributed by atoms with van der Waals surface area (Å²) in [5.74, 6) is 0.870. The molecule has 4 rings (SSSR count). The van der Waals surface area contributed by atoms with E-state index < -0.39 is 0 Å². The molecule has 1 spiro atoms. The van der Waals surface area contributed by atoms with E-state index in [-0.39, 0.29) is 5.54 Å². The molecule has 2 saturated heterocycles. The molecule has 1 saturated carbocycles. The first-order valence-corrected chi connectivity index (χ1v) is 12.2. The Morgan fingerprint density at radius 1 is 1.03 bits per heavy atom. The summed E-state index contributed by atoms with van der Waals surface area (Å²) in [6.07, 6.45) is 14.4. The van der Waals surface area contributed by atoms with E-state index in [2.05, 4.69) is 42.2 Å². The second-order valence-electron chi connectivity index (χ2n) is 9.68. The van der Waals surface area contributed by atoms with E-state index in [4.69, 9.17) is 4.74 Å². The maximum atomic E-state index is 13.1. The minimum atomic E-state index is 0.157. The van der Waals surface area contributed by atoms with Crippen molar-refractivity contribution in [1.29, 1.82) is 0 Å². The van der Waals surface area contributed by atoms with Crippen molar-refractivity contribution in [2.24, 2.45) is 5.92 Å². The van der Waals surface area contributed by atoms with Gasteiger partial charge in [0.1, 0.15) is 5.78 Å². The third kappa shape index (κ3) is 4.46. The highest BCUT2D eigenvalue weighted by Gasteiger charge is 2.58. The van der Waals surface area contributed by atoms with Crippen LogP contribution in [-0.2, 0) is 16.1 Å². The Kier molecular flexibility index (Phi) is 7.08. The summed E-state index contributed by atoms with van der Waals surface area (Å²) in [7, 11) is 0. The summed E-state index contributed by atoms with van der Waals surface area (Å²) in [4.78, 5) is 16.0.